The zero-order chi connectivity index (χ0) is 21.5. The summed E-state index contributed by atoms with van der Waals surface area (Å²) >= 11 is 6.00. The van der Waals surface area contributed by atoms with Crippen molar-refractivity contribution in [2.45, 2.75) is 6.54 Å². The van der Waals surface area contributed by atoms with Gasteiger partial charge in [0.15, 0.2) is 24.2 Å². The van der Waals surface area contributed by atoms with Crippen LogP contribution in [0.2, 0.25) is 5.02 Å². The zero-order valence-corrected chi connectivity index (χ0v) is 16.9. The standard InChI is InChI=1S/C21H20ClFN4O3/c1-29-14-30-19-10-15(5-7-18(19)23)6-8-21(28)27(24)20-12-26(13-25-20)11-16-3-2-4-17(22)9-16/h2-10,12-13H,11,14,24H2,1H3/b8-6+. The first-order valence-electron chi connectivity index (χ1n) is 8.90. The molecule has 3 aromatic rings. The first-order valence-corrected chi connectivity index (χ1v) is 9.28. The van der Waals surface area contributed by atoms with Crippen molar-refractivity contribution in [3.63, 3.8) is 0 Å². The number of hydrazine groups is 1. The van der Waals surface area contributed by atoms with E-state index in [0.717, 1.165) is 10.6 Å². The van der Waals surface area contributed by atoms with Crippen molar-refractivity contribution in [3.05, 3.63) is 83.0 Å². The van der Waals surface area contributed by atoms with Gasteiger partial charge in [-0.2, -0.15) is 0 Å². The summed E-state index contributed by atoms with van der Waals surface area (Å²) in [6, 6.07) is 11.7. The molecule has 2 aromatic carbocycles. The molecule has 0 fully saturated rings. The summed E-state index contributed by atoms with van der Waals surface area (Å²) in [5.74, 6) is 5.18. The van der Waals surface area contributed by atoms with Gasteiger partial charge in [-0.15, -0.1) is 0 Å². The number of benzene rings is 2. The van der Waals surface area contributed by atoms with Crippen LogP contribution in [0.4, 0.5) is 10.2 Å². The van der Waals surface area contributed by atoms with Crippen LogP contribution in [0.15, 0.2) is 61.1 Å². The number of carbonyl (C=O) groups excluding carboxylic acids is 1. The molecule has 0 spiro atoms. The third-order valence-corrected chi connectivity index (χ3v) is 4.30. The van der Waals surface area contributed by atoms with Crippen molar-refractivity contribution in [1.29, 1.82) is 0 Å². The summed E-state index contributed by atoms with van der Waals surface area (Å²) in [4.78, 5) is 16.5. The van der Waals surface area contributed by atoms with Crippen LogP contribution in [-0.2, 0) is 16.1 Å². The van der Waals surface area contributed by atoms with Gasteiger partial charge >= 0.3 is 0 Å². The van der Waals surface area contributed by atoms with Crippen LogP contribution < -0.4 is 15.6 Å². The lowest BCUT2D eigenvalue weighted by molar-refractivity contribution is -0.114. The number of nitrogens with two attached hydrogens (primary N) is 1. The van der Waals surface area contributed by atoms with Crippen LogP contribution in [0.3, 0.4) is 0 Å². The summed E-state index contributed by atoms with van der Waals surface area (Å²) in [5, 5.41) is 1.57. The Hall–Kier alpha value is -3.20. The Labute approximate surface area is 178 Å². The topological polar surface area (TPSA) is 82.6 Å². The lowest BCUT2D eigenvalue weighted by atomic mass is 10.2. The van der Waals surface area contributed by atoms with Crippen LogP contribution in [0.1, 0.15) is 11.1 Å². The highest BCUT2D eigenvalue weighted by Gasteiger charge is 2.12. The fourth-order valence-electron chi connectivity index (χ4n) is 2.62. The highest BCUT2D eigenvalue weighted by molar-refractivity contribution is 6.30. The Morgan fingerprint density at radius 3 is 2.93 bits per heavy atom. The Morgan fingerprint density at radius 1 is 1.33 bits per heavy atom. The second-order valence-corrected chi connectivity index (χ2v) is 6.75. The van der Waals surface area contributed by atoms with E-state index in [0.29, 0.717) is 17.1 Å². The molecule has 0 radical (unpaired) electrons. The molecule has 9 heteroatoms. The molecule has 0 aliphatic carbocycles. The number of amides is 1. The van der Waals surface area contributed by atoms with Gasteiger partial charge in [-0.05, 0) is 41.5 Å². The van der Waals surface area contributed by atoms with Gasteiger partial charge in [0.05, 0.1) is 6.33 Å². The van der Waals surface area contributed by atoms with Gasteiger partial charge in [0.25, 0.3) is 5.91 Å². The average Bonchev–Trinajstić information content (AvgIpc) is 3.19. The third kappa shape index (κ3) is 5.66. The molecule has 1 amide bonds. The molecule has 3 rings (SSSR count). The van der Waals surface area contributed by atoms with Gasteiger partial charge in [-0.3, -0.25) is 4.79 Å². The molecule has 0 atom stereocenters. The van der Waals surface area contributed by atoms with Crippen LogP contribution in [-0.4, -0.2) is 29.4 Å². The molecule has 0 bridgehead atoms. The maximum atomic E-state index is 13.7. The van der Waals surface area contributed by atoms with Gasteiger partial charge in [0.1, 0.15) is 0 Å². The minimum absolute atomic E-state index is 0.0239. The van der Waals surface area contributed by atoms with Gasteiger partial charge in [-0.25, -0.2) is 20.2 Å². The number of nitrogens with zero attached hydrogens (tertiary/aromatic N) is 3. The molecule has 156 valence electrons. The third-order valence-electron chi connectivity index (χ3n) is 4.06. The quantitative estimate of drug-likeness (QED) is 0.194. The first kappa shape index (κ1) is 21.5. The van der Waals surface area contributed by atoms with Crippen molar-refractivity contribution in [2.24, 2.45) is 5.84 Å². The summed E-state index contributed by atoms with van der Waals surface area (Å²) in [6.45, 7) is 0.447. The number of methoxy groups -OCH3 is 1. The molecule has 0 aliphatic heterocycles. The zero-order valence-electron chi connectivity index (χ0n) is 16.2. The molecule has 0 aliphatic rings. The van der Waals surface area contributed by atoms with Gasteiger partial charge in [0, 0.05) is 31.0 Å². The van der Waals surface area contributed by atoms with E-state index in [1.165, 1.54) is 37.5 Å². The molecular formula is C21H20ClFN4O3. The Bertz CT molecular complexity index is 1050. The van der Waals surface area contributed by atoms with Crippen molar-refractivity contribution < 1.29 is 18.7 Å². The lowest BCUT2D eigenvalue weighted by Crippen LogP contribution is -2.36. The highest BCUT2D eigenvalue weighted by Crippen LogP contribution is 2.20. The number of carbonyl (C=O) groups is 1. The number of ether oxygens (including phenoxy) is 2. The number of aromatic nitrogens is 2. The van der Waals surface area contributed by atoms with Crippen LogP contribution in [0.25, 0.3) is 6.08 Å². The summed E-state index contributed by atoms with van der Waals surface area (Å²) in [5.41, 5.74) is 1.56. The number of imidazole rings is 1. The fourth-order valence-corrected chi connectivity index (χ4v) is 2.84. The van der Waals surface area contributed by atoms with E-state index in [1.54, 1.807) is 23.2 Å². The number of rotatable bonds is 8. The second kappa shape index (κ2) is 10.0. The molecule has 0 saturated carbocycles. The van der Waals surface area contributed by atoms with E-state index in [9.17, 15) is 9.18 Å². The molecule has 0 unspecified atom stereocenters. The number of hydrogen-bond donors (Lipinski definition) is 1. The highest BCUT2D eigenvalue weighted by atomic mass is 35.5. The van der Waals surface area contributed by atoms with Crippen molar-refractivity contribution in [3.8, 4) is 5.75 Å². The van der Waals surface area contributed by atoms with Gasteiger partial charge in [0.2, 0.25) is 0 Å². The predicted molar refractivity (Wildman–Crippen MR) is 112 cm³/mol. The molecule has 1 aromatic heterocycles. The normalized spacial score (nSPS) is 11.1. The Morgan fingerprint density at radius 2 is 2.17 bits per heavy atom. The monoisotopic (exact) mass is 430 g/mol. The van der Waals surface area contributed by atoms with E-state index in [2.05, 4.69) is 4.98 Å². The minimum Gasteiger partial charge on any atom is -0.464 e. The first-order chi connectivity index (χ1) is 14.5. The lowest BCUT2D eigenvalue weighted by Gasteiger charge is -2.11. The second-order valence-electron chi connectivity index (χ2n) is 6.32. The maximum Gasteiger partial charge on any atom is 0.266 e. The van der Waals surface area contributed by atoms with Crippen LogP contribution in [0, 0.1) is 5.82 Å². The minimum atomic E-state index is -0.527. The maximum absolute atomic E-state index is 13.7. The molecule has 0 saturated heterocycles. The summed E-state index contributed by atoms with van der Waals surface area (Å²) in [6.07, 6.45) is 6.00. The van der Waals surface area contributed by atoms with Gasteiger partial charge in [-0.1, -0.05) is 29.8 Å². The Balaban J connectivity index is 1.65. The smallest absolute Gasteiger partial charge is 0.266 e. The molecule has 1 heterocycles. The predicted octanol–water partition coefficient (Wildman–Crippen LogP) is 3.63. The van der Waals surface area contributed by atoms with E-state index in [-0.39, 0.29) is 18.4 Å². The van der Waals surface area contributed by atoms with E-state index >= 15 is 0 Å². The number of hydrogen-bond acceptors (Lipinski definition) is 5. The molecule has 2 N–H and O–H groups in total. The molecule has 30 heavy (non-hydrogen) atoms. The fraction of sp³-hybridized carbons (Fsp3) is 0.143. The van der Waals surface area contributed by atoms with E-state index < -0.39 is 11.7 Å². The van der Waals surface area contributed by atoms with Crippen molar-refractivity contribution >= 4 is 29.4 Å². The number of halogens is 2. The van der Waals surface area contributed by atoms with Crippen molar-refractivity contribution in [2.75, 3.05) is 18.9 Å². The van der Waals surface area contributed by atoms with Crippen molar-refractivity contribution in [1.82, 2.24) is 9.55 Å². The average molecular weight is 431 g/mol. The van der Waals surface area contributed by atoms with Crippen LogP contribution >= 0.6 is 11.6 Å². The Kier molecular flexibility index (Phi) is 7.18. The largest absolute Gasteiger partial charge is 0.464 e. The van der Waals surface area contributed by atoms with Crippen LogP contribution in [0.5, 0.6) is 5.75 Å². The molecular weight excluding hydrogens is 411 g/mol. The van der Waals surface area contributed by atoms with E-state index in [1.807, 2.05) is 18.2 Å². The SMILES string of the molecule is COCOc1cc(/C=C/C(=O)N(N)c2cn(Cc3cccc(Cl)c3)cn2)ccc1F. The van der Waals surface area contributed by atoms with Gasteiger partial charge < -0.3 is 14.0 Å². The summed E-state index contributed by atoms with van der Waals surface area (Å²) in [7, 11) is 1.44. The molecule has 7 nitrogen and oxygen atoms in total. The summed E-state index contributed by atoms with van der Waals surface area (Å²) < 4.78 is 25.4. The number of anilines is 1. The van der Waals surface area contributed by atoms with E-state index in [4.69, 9.17) is 26.9 Å².